The lowest BCUT2D eigenvalue weighted by Crippen LogP contribution is -3.09. The zero-order valence-electron chi connectivity index (χ0n) is 8.71. The van der Waals surface area contributed by atoms with Crippen molar-refractivity contribution in [1.29, 1.82) is 0 Å². The number of nitrogens with one attached hydrogen (secondary N) is 1. The molecule has 76 valence electrons. The normalized spacial score (nSPS) is 26.6. The quantitative estimate of drug-likeness (QED) is 0.637. The van der Waals surface area contributed by atoms with Crippen LogP contribution in [0.25, 0.3) is 0 Å². The lowest BCUT2D eigenvalue weighted by molar-refractivity contribution is -0.903. The van der Waals surface area contributed by atoms with Crippen LogP contribution in [0.15, 0.2) is 30.3 Å². The molecular formula is C12H20N2+2. The van der Waals surface area contributed by atoms with Crippen molar-refractivity contribution in [1.82, 2.24) is 0 Å². The molecule has 0 radical (unpaired) electrons. The van der Waals surface area contributed by atoms with Gasteiger partial charge >= 0.3 is 0 Å². The molecule has 2 heteroatoms. The maximum absolute atomic E-state index is 4.00. The van der Waals surface area contributed by atoms with Gasteiger partial charge in [0.2, 0.25) is 0 Å². The van der Waals surface area contributed by atoms with Gasteiger partial charge in [-0.05, 0) is 0 Å². The highest BCUT2D eigenvalue weighted by atomic mass is 15.1. The zero-order valence-corrected chi connectivity index (χ0v) is 8.71. The van der Waals surface area contributed by atoms with Gasteiger partial charge in [0, 0.05) is 12.0 Å². The number of hydrogen-bond acceptors (Lipinski definition) is 0. The number of quaternary nitrogens is 2. The first-order valence-corrected chi connectivity index (χ1v) is 5.55. The minimum atomic E-state index is 0.869. The fourth-order valence-corrected chi connectivity index (χ4v) is 2.31. The van der Waals surface area contributed by atoms with Gasteiger partial charge in [-0.1, -0.05) is 30.3 Å². The van der Waals surface area contributed by atoms with Gasteiger partial charge in [0.05, 0.1) is 25.6 Å². The Hall–Kier alpha value is -0.860. The second kappa shape index (κ2) is 4.58. The topological polar surface area (TPSA) is 32.1 Å². The lowest BCUT2D eigenvalue weighted by Gasteiger charge is -2.12. The smallest absolute Gasteiger partial charge is 0.103 e. The molecule has 1 aliphatic rings. The number of benzene rings is 1. The number of likely N-dealkylation sites (tertiary alicyclic amines) is 1. The summed E-state index contributed by atoms with van der Waals surface area (Å²) in [6.45, 7) is 4.95. The first-order chi connectivity index (χ1) is 6.88. The van der Waals surface area contributed by atoms with Crippen LogP contribution in [0.2, 0.25) is 0 Å². The van der Waals surface area contributed by atoms with Crippen LogP contribution in [-0.2, 0) is 6.54 Å². The minimum absolute atomic E-state index is 0.869. The Morgan fingerprint density at radius 2 is 2.07 bits per heavy atom. The highest BCUT2D eigenvalue weighted by Crippen LogP contribution is 2.02. The summed E-state index contributed by atoms with van der Waals surface area (Å²) in [5.41, 5.74) is 5.46. The molecule has 2 atom stereocenters. The van der Waals surface area contributed by atoms with E-state index in [9.17, 15) is 0 Å². The summed E-state index contributed by atoms with van der Waals surface area (Å²) < 4.78 is 0. The Morgan fingerprint density at radius 3 is 2.71 bits per heavy atom. The van der Waals surface area contributed by atoms with Crippen LogP contribution in [0.4, 0.5) is 0 Å². The van der Waals surface area contributed by atoms with Gasteiger partial charge in [-0.3, -0.25) is 0 Å². The van der Waals surface area contributed by atoms with Gasteiger partial charge in [0.1, 0.15) is 6.54 Å². The third-order valence-corrected chi connectivity index (χ3v) is 3.19. The Kier molecular flexibility index (Phi) is 3.17. The van der Waals surface area contributed by atoms with Crippen molar-refractivity contribution in [3.8, 4) is 0 Å². The Bertz CT molecular complexity index is 271. The molecule has 2 rings (SSSR count). The lowest BCUT2D eigenvalue weighted by atomic mass is 10.1. The molecule has 0 bridgehead atoms. The van der Waals surface area contributed by atoms with Crippen LogP contribution in [-0.4, -0.2) is 19.6 Å². The zero-order chi connectivity index (χ0) is 9.80. The molecule has 1 saturated heterocycles. The second-order valence-corrected chi connectivity index (χ2v) is 4.31. The molecule has 2 nitrogen and oxygen atoms in total. The van der Waals surface area contributed by atoms with Gasteiger partial charge in [0.25, 0.3) is 0 Å². The van der Waals surface area contributed by atoms with Gasteiger partial charge in [-0.15, -0.1) is 0 Å². The van der Waals surface area contributed by atoms with Gasteiger partial charge in [-0.2, -0.15) is 0 Å². The van der Waals surface area contributed by atoms with E-state index in [4.69, 9.17) is 0 Å². The molecule has 4 N–H and O–H groups in total. The molecule has 0 spiro atoms. The molecule has 1 unspecified atom stereocenters. The monoisotopic (exact) mass is 192 g/mol. The predicted octanol–water partition coefficient (Wildman–Crippen LogP) is -0.667. The maximum Gasteiger partial charge on any atom is 0.103 e. The van der Waals surface area contributed by atoms with E-state index >= 15 is 0 Å². The largest absolute Gasteiger partial charge is 0.357 e. The first kappa shape index (κ1) is 9.69. The predicted molar refractivity (Wildman–Crippen MR) is 56.7 cm³/mol. The van der Waals surface area contributed by atoms with E-state index in [1.807, 2.05) is 0 Å². The van der Waals surface area contributed by atoms with Crippen molar-refractivity contribution in [3.63, 3.8) is 0 Å². The molecule has 0 aromatic heterocycles. The molecule has 0 saturated carbocycles. The molecule has 1 heterocycles. The van der Waals surface area contributed by atoms with E-state index in [1.54, 1.807) is 4.90 Å². The molecule has 1 fully saturated rings. The molecule has 0 amide bonds. The standard InChI is InChI=1S/C12H18N2/c13-8-12-6-7-14(10-12)9-11-4-2-1-3-5-11/h1-5,12H,6-10,13H2/p+2/t12-/m1/s1. The first-order valence-electron chi connectivity index (χ1n) is 5.55. The highest BCUT2D eigenvalue weighted by Gasteiger charge is 2.25. The number of rotatable bonds is 3. The third kappa shape index (κ3) is 2.34. The fraction of sp³-hybridized carbons (Fsp3) is 0.500. The second-order valence-electron chi connectivity index (χ2n) is 4.31. The van der Waals surface area contributed by atoms with Crippen molar-refractivity contribution in [2.45, 2.75) is 13.0 Å². The van der Waals surface area contributed by atoms with E-state index in [1.165, 1.54) is 31.6 Å². The maximum atomic E-state index is 4.00. The summed E-state index contributed by atoms with van der Waals surface area (Å²) in [4.78, 5) is 1.73. The average molecular weight is 192 g/mol. The number of hydrogen-bond donors (Lipinski definition) is 2. The van der Waals surface area contributed by atoms with E-state index in [-0.39, 0.29) is 0 Å². The highest BCUT2D eigenvalue weighted by molar-refractivity contribution is 5.13. The molecule has 1 aliphatic heterocycles. The summed E-state index contributed by atoms with van der Waals surface area (Å²) in [7, 11) is 0. The van der Waals surface area contributed by atoms with Crippen LogP contribution in [0.5, 0.6) is 0 Å². The summed E-state index contributed by atoms with van der Waals surface area (Å²) in [5.74, 6) is 0.869. The van der Waals surface area contributed by atoms with Crippen LogP contribution in [0.1, 0.15) is 12.0 Å². The van der Waals surface area contributed by atoms with Gasteiger partial charge < -0.3 is 10.6 Å². The Balaban J connectivity index is 1.88. The minimum Gasteiger partial charge on any atom is -0.357 e. The van der Waals surface area contributed by atoms with Crippen LogP contribution >= 0.6 is 0 Å². The van der Waals surface area contributed by atoms with E-state index < -0.39 is 0 Å². The summed E-state index contributed by atoms with van der Waals surface area (Å²) >= 11 is 0. The molecule has 1 aromatic rings. The summed E-state index contributed by atoms with van der Waals surface area (Å²) in [6.07, 6.45) is 1.37. The molecule has 0 aliphatic carbocycles. The van der Waals surface area contributed by atoms with Crippen molar-refractivity contribution >= 4 is 0 Å². The average Bonchev–Trinajstić information content (AvgIpc) is 2.67. The van der Waals surface area contributed by atoms with Crippen LogP contribution in [0.3, 0.4) is 0 Å². The van der Waals surface area contributed by atoms with Gasteiger partial charge in [0.15, 0.2) is 0 Å². The summed E-state index contributed by atoms with van der Waals surface area (Å²) in [6, 6.07) is 10.8. The summed E-state index contributed by atoms with van der Waals surface area (Å²) in [5, 5.41) is 0. The van der Waals surface area contributed by atoms with E-state index in [0.29, 0.717) is 0 Å². The molecular weight excluding hydrogens is 172 g/mol. The van der Waals surface area contributed by atoms with Crippen LogP contribution < -0.4 is 10.6 Å². The Labute approximate surface area is 85.7 Å². The molecule has 1 aromatic carbocycles. The van der Waals surface area contributed by atoms with Crippen molar-refractivity contribution in [3.05, 3.63) is 35.9 Å². The third-order valence-electron chi connectivity index (χ3n) is 3.19. The van der Waals surface area contributed by atoms with E-state index in [0.717, 1.165) is 12.5 Å². The van der Waals surface area contributed by atoms with Crippen molar-refractivity contribution in [2.75, 3.05) is 19.6 Å². The van der Waals surface area contributed by atoms with Crippen molar-refractivity contribution < 1.29 is 10.6 Å². The SMILES string of the molecule is [NH3+]C[C@H]1CC[NH+](Cc2ccccc2)C1. The van der Waals surface area contributed by atoms with Crippen molar-refractivity contribution in [2.24, 2.45) is 5.92 Å². The van der Waals surface area contributed by atoms with Crippen LogP contribution in [0, 0.1) is 5.92 Å². The van der Waals surface area contributed by atoms with Gasteiger partial charge in [-0.25, -0.2) is 0 Å². The fourth-order valence-electron chi connectivity index (χ4n) is 2.31. The molecule has 14 heavy (non-hydrogen) atoms. The van der Waals surface area contributed by atoms with E-state index in [2.05, 4.69) is 36.1 Å². The Morgan fingerprint density at radius 1 is 1.29 bits per heavy atom.